The summed E-state index contributed by atoms with van der Waals surface area (Å²) in [5, 5.41) is 0. The molecule has 0 aliphatic heterocycles. The molecule has 2 aromatic rings. The van der Waals surface area contributed by atoms with Crippen LogP contribution in [0, 0.1) is 16.6 Å². The van der Waals surface area contributed by atoms with Crippen molar-refractivity contribution in [1.29, 1.82) is 0 Å². The third-order valence-electron chi connectivity index (χ3n) is 4.97. The summed E-state index contributed by atoms with van der Waals surface area (Å²) in [5.74, 6) is 2.36. The standard InChI is InChI=1S/C16H22N2OS/c1-4-11-8-9-12(10(11)2)18-13-6-5-7-14(19-3)15(13)17-16(18)20/h5-7,10-12H,4,8-9H2,1-3H3,(H,17,20). The van der Waals surface area contributed by atoms with E-state index in [0.29, 0.717) is 12.0 Å². The van der Waals surface area contributed by atoms with Crippen LogP contribution in [0.15, 0.2) is 18.2 Å². The van der Waals surface area contributed by atoms with E-state index in [1.807, 2.05) is 12.1 Å². The summed E-state index contributed by atoms with van der Waals surface area (Å²) >= 11 is 5.58. The zero-order chi connectivity index (χ0) is 14.3. The lowest BCUT2D eigenvalue weighted by atomic mass is 9.93. The first-order valence-corrected chi connectivity index (χ1v) is 7.85. The number of benzene rings is 1. The summed E-state index contributed by atoms with van der Waals surface area (Å²) in [6.45, 7) is 4.66. The lowest BCUT2D eigenvalue weighted by Gasteiger charge is -2.22. The van der Waals surface area contributed by atoms with Gasteiger partial charge in [0, 0.05) is 6.04 Å². The molecular formula is C16H22N2OS. The molecule has 1 fully saturated rings. The Bertz CT molecular complexity index is 673. The van der Waals surface area contributed by atoms with E-state index in [2.05, 4.69) is 29.5 Å². The van der Waals surface area contributed by atoms with Crippen LogP contribution >= 0.6 is 12.2 Å². The van der Waals surface area contributed by atoms with Gasteiger partial charge in [-0.3, -0.25) is 0 Å². The molecule has 1 aromatic heterocycles. The SMILES string of the molecule is CCC1CCC(n2c(=S)[nH]c3c(OC)cccc32)C1C. The summed E-state index contributed by atoms with van der Waals surface area (Å²) in [6.07, 6.45) is 3.79. The Morgan fingerprint density at radius 3 is 2.85 bits per heavy atom. The van der Waals surface area contributed by atoms with Crippen LogP contribution in [-0.4, -0.2) is 16.7 Å². The van der Waals surface area contributed by atoms with Crippen molar-refractivity contribution < 1.29 is 4.74 Å². The second kappa shape index (κ2) is 5.24. The molecule has 0 bridgehead atoms. The Kier molecular flexibility index (Phi) is 3.59. The number of nitrogens with one attached hydrogen (secondary N) is 1. The van der Waals surface area contributed by atoms with Crippen LogP contribution < -0.4 is 4.74 Å². The topological polar surface area (TPSA) is 29.9 Å². The number of methoxy groups -OCH3 is 1. The molecule has 108 valence electrons. The van der Waals surface area contributed by atoms with Crippen LogP contribution in [0.1, 0.15) is 39.2 Å². The van der Waals surface area contributed by atoms with Gasteiger partial charge in [-0.15, -0.1) is 0 Å². The molecule has 1 aliphatic carbocycles. The van der Waals surface area contributed by atoms with Crippen molar-refractivity contribution in [2.24, 2.45) is 11.8 Å². The minimum absolute atomic E-state index is 0.508. The first-order valence-electron chi connectivity index (χ1n) is 7.44. The van der Waals surface area contributed by atoms with Crippen LogP contribution in [0.2, 0.25) is 0 Å². The average Bonchev–Trinajstić information content (AvgIpc) is 2.97. The van der Waals surface area contributed by atoms with Crippen molar-refractivity contribution in [2.75, 3.05) is 7.11 Å². The minimum Gasteiger partial charge on any atom is -0.494 e. The van der Waals surface area contributed by atoms with Gasteiger partial charge in [0.05, 0.1) is 12.6 Å². The van der Waals surface area contributed by atoms with Crippen LogP contribution in [0.4, 0.5) is 0 Å². The summed E-state index contributed by atoms with van der Waals surface area (Å²) in [5.41, 5.74) is 2.19. The molecule has 20 heavy (non-hydrogen) atoms. The van der Waals surface area contributed by atoms with Crippen LogP contribution in [0.3, 0.4) is 0 Å². The molecule has 0 saturated heterocycles. The normalized spacial score (nSPS) is 26.2. The predicted molar refractivity (Wildman–Crippen MR) is 84.9 cm³/mol. The van der Waals surface area contributed by atoms with Gasteiger partial charge in [-0.2, -0.15) is 0 Å². The van der Waals surface area contributed by atoms with E-state index < -0.39 is 0 Å². The Morgan fingerprint density at radius 1 is 1.40 bits per heavy atom. The first-order chi connectivity index (χ1) is 9.67. The van der Waals surface area contributed by atoms with Crippen LogP contribution in [-0.2, 0) is 0 Å². The fourth-order valence-corrected chi connectivity index (χ4v) is 4.12. The highest BCUT2D eigenvalue weighted by Crippen LogP contribution is 2.43. The fraction of sp³-hybridized carbons (Fsp3) is 0.562. The molecule has 1 aromatic carbocycles. The number of hydrogen-bond acceptors (Lipinski definition) is 2. The van der Waals surface area contributed by atoms with Gasteiger partial charge in [-0.25, -0.2) is 0 Å². The van der Waals surface area contributed by atoms with Gasteiger partial charge in [0.25, 0.3) is 0 Å². The van der Waals surface area contributed by atoms with E-state index in [-0.39, 0.29) is 0 Å². The number of imidazole rings is 1. The number of ether oxygens (including phenoxy) is 1. The zero-order valence-corrected chi connectivity index (χ0v) is 13.2. The number of nitrogens with zero attached hydrogens (tertiary/aromatic N) is 1. The van der Waals surface area contributed by atoms with Gasteiger partial charge in [0.15, 0.2) is 4.77 Å². The zero-order valence-electron chi connectivity index (χ0n) is 12.3. The van der Waals surface area contributed by atoms with E-state index in [0.717, 1.165) is 22.0 Å². The van der Waals surface area contributed by atoms with Gasteiger partial charge in [-0.1, -0.05) is 26.3 Å². The van der Waals surface area contributed by atoms with E-state index in [1.165, 1.54) is 24.8 Å². The number of fused-ring (bicyclic) bond motifs is 1. The average molecular weight is 290 g/mol. The molecule has 0 amide bonds. The summed E-state index contributed by atoms with van der Waals surface area (Å²) < 4.78 is 8.57. The van der Waals surface area contributed by atoms with Crippen molar-refractivity contribution in [2.45, 2.75) is 39.2 Å². The van der Waals surface area contributed by atoms with E-state index in [4.69, 9.17) is 17.0 Å². The predicted octanol–water partition coefficient (Wildman–Crippen LogP) is 4.70. The lowest BCUT2D eigenvalue weighted by molar-refractivity contribution is 0.332. The molecule has 3 atom stereocenters. The number of aromatic nitrogens is 2. The number of aromatic amines is 1. The third-order valence-corrected chi connectivity index (χ3v) is 5.27. The highest BCUT2D eigenvalue weighted by Gasteiger charge is 2.33. The van der Waals surface area contributed by atoms with E-state index >= 15 is 0 Å². The van der Waals surface area contributed by atoms with Crippen LogP contribution in [0.25, 0.3) is 11.0 Å². The van der Waals surface area contributed by atoms with Gasteiger partial charge in [0.1, 0.15) is 11.3 Å². The van der Waals surface area contributed by atoms with E-state index in [1.54, 1.807) is 7.11 Å². The van der Waals surface area contributed by atoms with Crippen molar-refractivity contribution in [3.8, 4) is 5.75 Å². The Labute approximate surface area is 125 Å². The molecule has 1 N–H and O–H groups in total. The highest BCUT2D eigenvalue weighted by atomic mass is 32.1. The second-order valence-electron chi connectivity index (χ2n) is 5.83. The number of para-hydroxylation sites is 1. The molecule has 3 nitrogen and oxygen atoms in total. The molecular weight excluding hydrogens is 268 g/mol. The Balaban J connectivity index is 2.13. The van der Waals surface area contributed by atoms with Gasteiger partial charge in [-0.05, 0) is 49.0 Å². The molecule has 0 spiro atoms. The van der Waals surface area contributed by atoms with Gasteiger partial charge >= 0.3 is 0 Å². The maximum absolute atomic E-state index is 5.58. The minimum atomic E-state index is 0.508. The monoisotopic (exact) mass is 290 g/mol. The number of rotatable bonds is 3. The van der Waals surface area contributed by atoms with E-state index in [9.17, 15) is 0 Å². The van der Waals surface area contributed by atoms with Crippen molar-refractivity contribution in [3.05, 3.63) is 23.0 Å². The van der Waals surface area contributed by atoms with Crippen molar-refractivity contribution in [1.82, 2.24) is 9.55 Å². The highest BCUT2D eigenvalue weighted by molar-refractivity contribution is 7.71. The van der Waals surface area contributed by atoms with Gasteiger partial charge < -0.3 is 14.3 Å². The summed E-state index contributed by atoms with van der Waals surface area (Å²) in [6, 6.07) is 6.66. The fourth-order valence-electron chi connectivity index (χ4n) is 3.79. The number of hydrogen-bond donors (Lipinski definition) is 1. The second-order valence-corrected chi connectivity index (χ2v) is 6.21. The summed E-state index contributed by atoms with van der Waals surface area (Å²) in [4.78, 5) is 3.33. The molecule has 3 rings (SSSR count). The third kappa shape index (κ3) is 1.97. The number of H-pyrrole nitrogens is 1. The Hall–Kier alpha value is -1.29. The van der Waals surface area contributed by atoms with Crippen LogP contribution in [0.5, 0.6) is 5.75 Å². The summed E-state index contributed by atoms with van der Waals surface area (Å²) in [7, 11) is 1.70. The molecule has 1 aliphatic rings. The lowest BCUT2D eigenvalue weighted by Crippen LogP contribution is -2.15. The molecule has 4 heteroatoms. The largest absolute Gasteiger partial charge is 0.494 e. The quantitative estimate of drug-likeness (QED) is 0.830. The maximum atomic E-state index is 5.58. The molecule has 1 heterocycles. The first kappa shape index (κ1) is 13.7. The maximum Gasteiger partial charge on any atom is 0.178 e. The molecule has 1 saturated carbocycles. The van der Waals surface area contributed by atoms with Crippen molar-refractivity contribution in [3.63, 3.8) is 0 Å². The van der Waals surface area contributed by atoms with Crippen molar-refractivity contribution >= 4 is 23.3 Å². The molecule has 3 unspecified atom stereocenters. The van der Waals surface area contributed by atoms with Gasteiger partial charge in [0.2, 0.25) is 0 Å². The Morgan fingerprint density at radius 2 is 2.20 bits per heavy atom. The smallest absolute Gasteiger partial charge is 0.178 e. The molecule has 0 radical (unpaired) electrons.